The molecule has 1 aromatic heterocycles. The van der Waals surface area contributed by atoms with Crippen LogP contribution in [0.25, 0.3) is 17.5 Å². The highest BCUT2D eigenvalue weighted by Gasteiger charge is 2.75. The zero-order valence-electron chi connectivity index (χ0n) is 21.0. The summed E-state index contributed by atoms with van der Waals surface area (Å²) in [5.74, 6) is 1.30. The first-order chi connectivity index (χ1) is 17.1. The second-order valence-electron chi connectivity index (χ2n) is 11.9. The van der Waals surface area contributed by atoms with Crippen LogP contribution < -0.4 is 10.6 Å². The predicted octanol–water partition coefficient (Wildman–Crippen LogP) is 3.82. The fourth-order valence-corrected chi connectivity index (χ4v) is 7.99. The molecule has 8 nitrogen and oxygen atoms in total. The van der Waals surface area contributed by atoms with Crippen molar-refractivity contribution < 1.29 is 19.4 Å². The van der Waals surface area contributed by atoms with Crippen molar-refractivity contribution in [3.8, 4) is 11.3 Å². The van der Waals surface area contributed by atoms with E-state index < -0.39 is 17.2 Å². The number of fused-ring (bicyclic) bond motifs is 2. The number of carbonyl (C=O) groups is 2. The van der Waals surface area contributed by atoms with E-state index in [0.717, 1.165) is 31.2 Å². The molecule has 2 aromatic rings. The van der Waals surface area contributed by atoms with Gasteiger partial charge in [-0.3, -0.25) is 4.79 Å². The summed E-state index contributed by atoms with van der Waals surface area (Å²) in [4.78, 5) is 25.4. The number of hydrogen-bond acceptors (Lipinski definition) is 5. The molecule has 0 radical (unpaired) electrons. The predicted molar refractivity (Wildman–Crippen MR) is 135 cm³/mol. The Morgan fingerprint density at radius 2 is 1.97 bits per heavy atom. The molecule has 8 heteroatoms. The molecular weight excluding hydrogens is 456 g/mol. The molecule has 4 fully saturated rings. The molecule has 3 N–H and O–H groups in total. The van der Waals surface area contributed by atoms with Crippen molar-refractivity contribution in [2.45, 2.75) is 63.1 Å². The number of nitrogens with zero attached hydrogens (tertiary/aromatic N) is 2. The number of aromatic nitrogens is 2. The van der Waals surface area contributed by atoms with E-state index in [0.29, 0.717) is 29.0 Å². The van der Waals surface area contributed by atoms with Crippen LogP contribution in [0.3, 0.4) is 0 Å². The standard InChI is InChI=1S/C28H34N4O4/c1-26(2,31-25(34)36-3)9-10-32-23(18-7-5-4-6-8-18)19(15-29-32)24(33)30-22-20-11-17-12-27(35)14-21(22)28(20,13-17)16-27/h4-10,15,17,20-22,35H,11-14,16H2,1-3H3,(H,30,33)(H,31,34)/b10-9+/t17?,20?,21?,22?,27-,28?/m0/s1. The van der Waals surface area contributed by atoms with Crippen molar-refractivity contribution in [2.24, 2.45) is 23.2 Å². The highest BCUT2D eigenvalue weighted by molar-refractivity contribution is 6.00. The largest absolute Gasteiger partial charge is 0.453 e. The van der Waals surface area contributed by atoms with Crippen LogP contribution in [-0.4, -0.2) is 51.2 Å². The number of ether oxygens (including phenoxy) is 1. The van der Waals surface area contributed by atoms with Gasteiger partial charge in [-0.05, 0) is 75.2 Å². The maximum absolute atomic E-state index is 13.7. The van der Waals surface area contributed by atoms with Gasteiger partial charge in [-0.15, -0.1) is 0 Å². The van der Waals surface area contributed by atoms with E-state index in [9.17, 15) is 14.7 Å². The number of hydrogen-bond donors (Lipinski definition) is 3. The van der Waals surface area contributed by atoms with E-state index in [1.165, 1.54) is 13.5 Å². The molecule has 190 valence electrons. The fraction of sp³-hybridized carbons (Fsp3) is 0.536. The zero-order chi connectivity index (χ0) is 25.3. The molecule has 4 saturated carbocycles. The third kappa shape index (κ3) is 3.57. The van der Waals surface area contributed by atoms with Gasteiger partial charge in [0, 0.05) is 17.8 Å². The number of amides is 2. The minimum absolute atomic E-state index is 0.113. The Morgan fingerprint density at radius 1 is 1.19 bits per heavy atom. The molecule has 0 aliphatic heterocycles. The Labute approximate surface area is 211 Å². The number of aliphatic hydroxyl groups is 1. The van der Waals surface area contributed by atoms with Gasteiger partial charge < -0.3 is 20.5 Å². The Morgan fingerprint density at radius 3 is 2.72 bits per heavy atom. The quantitative estimate of drug-likeness (QED) is 0.571. The molecule has 3 bridgehead atoms. The first kappa shape index (κ1) is 23.3. The normalized spacial score (nSPS) is 33.9. The summed E-state index contributed by atoms with van der Waals surface area (Å²) in [6.45, 7) is 3.70. The van der Waals surface area contributed by atoms with Crippen molar-refractivity contribution in [2.75, 3.05) is 7.11 Å². The van der Waals surface area contributed by atoms with Gasteiger partial charge in [-0.2, -0.15) is 5.10 Å². The number of carbonyl (C=O) groups excluding carboxylic acids is 2. The summed E-state index contributed by atoms with van der Waals surface area (Å²) in [6, 6.07) is 9.84. The maximum Gasteiger partial charge on any atom is 0.407 e. The van der Waals surface area contributed by atoms with Crippen LogP contribution in [0, 0.1) is 23.2 Å². The molecule has 6 atom stereocenters. The second kappa shape index (κ2) is 7.93. The average molecular weight is 491 g/mol. The van der Waals surface area contributed by atoms with E-state index in [1.54, 1.807) is 17.1 Å². The van der Waals surface area contributed by atoms with Crippen LogP contribution >= 0.6 is 0 Å². The molecule has 4 aliphatic carbocycles. The Balaban J connectivity index is 1.27. The fourth-order valence-electron chi connectivity index (χ4n) is 7.99. The Kier molecular flexibility index (Phi) is 5.13. The summed E-state index contributed by atoms with van der Waals surface area (Å²) in [7, 11) is 1.33. The average Bonchev–Trinajstić information content (AvgIpc) is 3.43. The van der Waals surface area contributed by atoms with Crippen molar-refractivity contribution in [1.82, 2.24) is 20.4 Å². The lowest BCUT2D eigenvalue weighted by Crippen LogP contribution is -2.62. The van der Waals surface area contributed by atoms with Crippen molar-refractivity contribution in [1.29, 1.82) is 0 Å². The minimum Gasteiger partial charge on any atom is -0.453 e. The maximum atomic E-state index is 13.7. The van der Waals surface area contributed by atoms with Crippen molar-refractivity contribution in [3.05, 3.63) is 48.2 Å². The van der Waals surface area contributed by atoms with E-state index in [4.69, 9.17) is 4.74 Å². The summed E-state index contributed by atoms with van der Waals surface area (Å²) >= 11 is 0. The number of alkyl carbamates (subject to hydrolysis) is 1. The lowest BCUT2D eigenvalue weighted by molar-refractivity contribution is -0.0494. The topological polar surface area (TPSA) is 105 Å². The van der Waals surface area contributed by atoms with Crippen LogP contribution in [0.1, 0.15) is 56.3 Å². The Hall–Kier alpha value is -3.13. The molecule has 36 heavy (non-hydrogen) atoms. The van der Waals surface area contributed by atoms with E-state index >= 15 is 0 Å². The van der Waals surface area contributed by atoms with Crippen LogP contribution in [0.5, 0.6) is 0 Å². The van der Waals surface area contributed by atoms with Gasteiger partial charge in [-0.25, -0.2) is 9.48 Å². The van der Waals surface area contributed by atoms with Gasteiger partial charge in [-0.1, -0.05) is 30.3 Å². The number of nitrogens with one attached hydrogen (secondary N) is 2. The van der Waals surface area contributed by atoms with Crippen LogP contribution in [-0.2, 0) is 4.74 Å². The van der Waals surface area contributed by atoms with Gasteiger partial charge in [0.05, 0.1) is 35.7 Å². The summed E-state index contributed by atoms with van der Waals surface area (Å²) in [5.41, 5.74) is 1.12. The van der Waals surface area contributed by atoms with Gasteiger partial charge in [0.2, 0.25) is 0 Å². The molecule has 2 amide bonds. The van der Waals surface area contributed by atoms with Crippen molar-refractivity contribution >= 4 is 18.2 Å². The molecule has 5 unspecified atom stereocenters. The third-order valence-electron chi connectivity index (χ3n) is 9.15. The molecule has 1 heterocycles. The SMILES string of the molecule is COC(=O)NC(C)(C)/C=C/n1ncc(C(=O)NC2C3CC4CC35C[C@](O)(C4)CC25)c1-c1ccccc1. The van der Waals surface area contributed by atoms with Crippen LogP contribution in [0.2, 0.25) is 0 Å². The molecular formula is C28H34N4O4. The van der Waals surface area contributed by atoms with Gasteiger partial charge in [0.1, 0.15) is 0 Å². The minimum atomic E-state index is -0.684. The summed E-state index contributed by atoms with van der Waals surface area (Å²) in [5, 5.41) is 21.7. The smallest absolute Gasteiger partial charge is 0.407 e. The molecule has 0 saturated heterocycles. The first-order valence-electron chi connectivity index (χ1n) is 12.8. The monoisotopic (exact) mass is 490 g/mol. The van der Waals surface area contributed by atoms with E-state index in [2.05, 4.69) is 15.7 Å². The zero-order valence-corrected chi connectivity index (χ0v) is 21.0. The van der Waals surface area contributed by atoms with Gasteiger partial charge in [0.15, 0.2) is 0 Å². The lowest BCUT2D eigenvalue weighted by Gasteiger charge is -2.55. The van der Waals surface area contributed by atoms with Crippen molar-refractivity contribution in [3.63, 3.8) is 0 Å². The first-order valence-corrected chi connectivity index (χ1v) is 12.8. The molecule has 1 spiro atoms. The van der Waals surface area contributed by atoms with Crippen LogP contribution in [0.15, 0.2) is 42.6 Å². The Bertz CT molecular complexity index is 1240. The number of benzene rings is 1. The molecule has 4 aliphatic rings. The highest BCUT2D eigenvalue weighted by atomic mass is 16.5. The number of rotatable bonds is 6. The van der Waals surface area contributed by atoms with Gasteiger partial charge in [0.25, 0.3) is 5.91 Å². The number of methoxy groups -OCH3 is 1. The lowest BCUT2D eigenvalue weighted by atomic mass is 9.52. The van der Waals surface area contributed by atoms with E-state index in [-0.39, 0.29) is 17.4 Å². The summed E-state index contributed by atoms with van der Waals surface area (Å²) < 4.78 is 6.40. The van der Waals surface area contributed by atoms with E-state index in [1.807, 2.05) is 50.3 Å². The highest BCUT2D eigenvalue weighted by Crippen LogP contribution is 2.76. The summed E-state index contributed by atoms with van der Waals surface area (Å²) in [6.07, 6.45) is 9.64. The molecule has 1 aromatic carbocycles. The van der Waals surface area contributed by atoms with Crippen LogP contribution in [0.4, 0.5) is 4.79 Å². The van der Waals surface area contributed by atoms with Gasteiger partial charge >= 0.3 is 6.09 Å². The third-order valence-corrected chi connectivity index (χ3v) is 9.15. The second-order valence-corrected chi connectivity index (χ2v) is 11.9. The molecule has 6 rings (SSSR count).